The molecule has 0 radical (unpaired) electrons. The van der Waals surface area contributed by atoms with Crippen molar-refractivity contribution in [2.24, 2.45) is 0 Å². The van der Waals surface area contributed by atoms with Gasteiger partial charge in [-0.2, -0.15) is 0 Å². The molecule has 3 heterocycles. The van der Waals surface area contributed by atoms with E-state index in [1.54, 1.807) is 0 Å². The molecule has 0 bridgehead atoms. The zero-order chi connectivity index (χ0) is 29.0. The van der Waals surface area contributed by atoms with E-state index in [1.165, 1.54) is 43.6 Å². The Morgan fingerprint density at radius 1 is 0.341 bits per heavy atom. The van der Waals surface area contributed by atoms with Gasteiger partial charge in [-0.1, -0.05) is 103 Å². The second-order valence-corrected chi connectivity index (χ2v) is 11.3. The van der Waals surface area contributed by atoms with Gasteiger partial charge in [-0.05, 0) is 65.7 Å². The molecule has 3 aromatic heterocycles. The first-order valence-corrected chi connectivity index (χ1v) is 15.0. The van der Waals surface area contributed by atoms with Gasteiger partial charge in [0.25, 0.3) is 0 Å². The van der Waals surface area contributed by atoms with E-state index in [-0.39, 0.29) is 0 Å². The zero-order valence-electron chi connectivity index (χ0n) is 23.9. The molecule has 0 atom stereocenters. The largest absolute Gasteiger partial charge is 0.309 e. The lowest BCUT2D eigenvalue weighted by Gasteiger charge is -2.16. The normalized spacial score (nSPS) is 11.6. The van der Waals surface area contributed by atoms with Crippen molar-refractivity contribution < 1.29 is 0 Å². The smallest absolute Gasteiger partial charge is 0.0701 e. The maximum absolute atomic E-state index is 4.56. The summed E-state index contributed by atoms with van der Waals surface area (Å²) in [7, 11) is 0. The van der Waals surface area contributed by atoms with Crippen LogP contribution in [0.5, 0.6) is 0 Å². The van der Waals surface area contributed by atoms with E-state index >= 15 is 0 Å². The Balaban J connectivity index is 1.34. The second kappa shape index (κ2) is 9.82. The number of nitrogens with zero attached hydrogens (tertiary/aromatic N) is 3. The lowest BCUT2D eigenvalue weighted by molar-refractivity contribution is 1.13. The molecule has 0 saturated carbocycles. The molecular weight excluding hydrogens is 534 g/mol. The average Bonchev–Trinajstić information content (AvgIpc) is 3.62. The predicted octanol–water partition coefficient (Wildman–Crippen LogP) is 10.6. The Kier molecular flexibility index (Phi) is 5.50. The molecule has 0 amide bonds. The maximum atomic E-state index is 4.56. The Hall–Kier alpha value is -5.93. The van der Waals surface area contributed by atoms with Crippen LogP contribution in [-0.4, -0.2) is 14.1 Å². The van der Waals surface area contributed by atoms with E-state index in [0.717, 1.165) is 33.8 Å². The van der Waals surface area contributed by atoms with Gasteiger partial charge in [0, 0.05) is 44.7 Å². The highest BCUT2D eigenvalue weighted by molar-refractivity contribution is 6.10. The highest BCUT2D eigenvalue weighted by Gasteiger charge is 2.17. The first kappa shape index (κ1) is 24.6. The topological polar surface area (TPSA) is 22.8 Å². The Bertz CT molecular complexity index is 2240. The van der Waals surface area contributed by atoms with E-state index < -0.39 is 0 Å². The monoisotopic (exact) mass is 561 g/mol. The molecule has 0 saturated heterocycles. The summed E-state index contributed by atoms with van der Waals surface area (Å²) in [4.78, 5) is 4.56. The van der Waals surface area contributed by atoms with Crippen LogP contribution in [0.4, 0.5) is 0 Å². The van der Waals surface area contributed by atoms with Crippen molar-refractivity contribution in [1.29, 1.82) is 0 Å². The van der Waals surface area contributed by atoms with Crippen molar-refractivity contribution in [2.45, 2.75) is 0 Å². The first-order valence-electron chi connectivity index (χ1n) is 15.0. The summed E-state index contributed by atoms with van der Waals surface area (Å²) in [5.41, 5.74) is 11.5. The van der Waals surface area contributed by atoms with Gasteiger partial charge in [-0.25, -0.2) is 0 Å². The third kappa shape index (κ3) is 3.80. The van der Waals surface area contributed by atoms with Gasteiger partial charge in [0.1, 0.15) is 0 Å². The molecule has 0 aliphatic rings. The van der Waals surface area contributed by atoms with Gasteiger partial charge in [0.05, 0.1) is 27.8 Å². The molecule has 9 aromatic rings. The van der Waals surface area contributed by atoms with Gasteiger partial charge in [0.15, 0.2) is 0 Å². The molecule has 3 nitrogen and oxygen atoms in total. The van der Waals surface area contributed by atoms with E-state index in [4.69, 9.17) is 0 Å². The fourth-order valence-corrected chi connectivity index (χ4v) is 6.79. The van der Waals surface area contributed by atoms with Crippen LogP contribution in [-0.2, 0) is 0 Å². The minimum absolute atomic E-state index is 0.976. The maximum Gasteiger partial charge on any atom is 0.0701 e. The molecule has 206 valence electrons. The Morgan fingerprint density at radius 3 is 1.18 bits per heavy atom. The number of hydrogen-bond donors (Lipinski definition) is 0. The van der Waals surface area contributed by atoms with Crippen LogP contribution in [0.1, 0.15) is 0 Å². The molecular formula is C41H27N3. The zero-order valence-corrected chi connectivity index (χ0v) is 23.9. The fourth-order valence-electron chi connectivity index (χ4n) is 6.79. The van der Waals surface area contributed by atoms with Gasteiger partial charge in [0.2, 0.25) is 0 Å². The third-order valence-electron chi connectivity index (χ3n) is 8.76. The van der Waals surface area contributed by atoms with Crippen LogP contribution in [0.15, 0.2) is 164 Å². The van der Waals surface area contributed by atoms with Crippen molar-refractivity contribution in [2.75, 3.05) is 0 Å². The standard InChI is InChI=1S/C41H27N3/c1-5-16-38-33(11-1)34-12-2-6-17-39(34)43(38)31-25-30(28-20-22-29(23-21-28)37-15-9-10-24-42-37)26-32(27-31)44-40-18-7-3-13-35(40)36-14-4-8-19-41(36)44/h1-27H. The van der Waals surface area contributed by atoms with E-state index in [2.05, 4.69) is 160 Å². The number of aromatic nitrogens is 3. The van der Waals surface area contributed by atoms with Crippen molar-refractivity contribution in [3.63, 3.8) is 0 Å². The minimum Gasteiger partial charge on any atom is -0.309 e. The third-order valence-corrected chi connectivity index (χ3v) is 8.76. The number of hydrogen-bond acceptors (Lipinski definition) is 1. The van der Waals surface area contributed by atoms with Gasteiger partial charge in [-0.15, -0.1) is 0 Å². The van der Waals surface area contributed by atoms with Gasteiger partial charge in [-0.3, -0.25) is 4.98 Å². The van der Waals surface area contributed by atoms with Crippen molar-refractivity contribution in [3.05, 3.63) is 164 Å². The van der Waals surface area contributed by atoms with Crippen LogP contribution >= 0.6 is 0 Å². The van der Waals surface area contributed by atoms with Crippen molar-refractivity contribution in [1.82, 2.24) is 14.1 Å². The summed E-state index contributed by atoms with van der Waals surface area (Å²) in [5.74, 6) is 0. The molecule has 44 heavy (non-hydrogen) atoms. The van der Waals surface area contributed by atoms with Gasteiger partial charge >= 0.3 is 0 Å². The average molecular weight is 562 g/mol. The van der Waals surface area contributed by atoms with E-state index in [0.29, 0.717) is 0 Å². The Labute approximate surface area is 254 Å². The van der Waals surface area contributed by atoms with E-state index in [1.807, 2.05) is 18.3 Å². The van der Waals surface area contributed by atoms with Crippen molar-refractivity contribution in [3.8, 4) is 33.8 Å². The first-order chi connectivity index (χ1) is 21.8. The molecule has 0 N–H and O–H groups in total. The SMILES string of the molecule is c1ccc(-c2ccc(-c3cc(-n4c5ccccc5c5ccccc54)cc(-n4c5ccccc5c5ccccc54)c3)cc2)nc1. The minimum atomic E-state index is 0.976. The lowest BCUT2D eigenvalue weighted by Crippen LogP contribution is -2.00. The van der Waals surface area contributed by atoms with Crippen LogP contribution in [0.25, 0.3) is 77.4 Å². The number of fused-ring (bicyclic) bond motifs is 6. The highest BCUT2D eigenvalue weighted by Crippen LogP contribution is 2.37. The highest BCUT2D eigenvalue weighted by atomic mass is 15.0. The molecule has 3 heteroatoms. The second-order valence-electron chi connectivity index (χ2n) is 11.3. The summed E-state index contributed by atoms with van der Waals surface area (Å²) in [5, 5.41) is 5.02. The van der Waals surface area contributed by atoms with Gasteiger partial charge < -0.3 is 9.13 Å². The van der Waals surface area contributed by atoms with Crippen LogP contribution in [0.2, 0.25) is 0 Å². The number of pyridine rings is 1. The number of para-hydroxylation sites is 4. The summed E-state index contributed by atoms with van der Waals surface area (Å²) < 4.78 is 4.82. The predicted molar refractivity (Wildman–Crippen MR) is 184 cm³/mol. The van der Waals surface area contributed by atoms with Crippen LogP contribution in [0, 0.1) is 0 Å². The molecule has 0 fully saturated rings. The molecule has 6 aromatic carbocycles. The number of benzene rings is 6. The molecule has 0 unspecified atom stereocenters. The summed E-state index contributed by atoms with van der Waals surface area (Å²) in [6.07, 6.45) is 1.84. The lowest BCUT2D eigenvalue weighted by atomic mass is 10.0. The van der Waals surface area contributed by atoms with Crippen LogP contribution < -0.4 is 0 Å². The quantitative estimate of drug-likeness (QED) is 0.210. The van der Waals surface area contributed by atoms with Crippen LogP contribution in [0.3, 0.4) is 0 Å². The summed E-state index contributed by atoms with van der Waals surface area (Å²) in [6.45, 7) is 0. The summed E-state index contributed by atoms with van der Waals surface area (Å²) >= 11 is 0. The molecule has 0 spiro atoms. The molecule has 0 aliphatic carbocycles. The van der Waals surface area contributed by atoms with E-state index in [9.17, 15) is 0 Å². The van der Waals surface area contributed by atoms with Crippen molar-refractivity contribution >= 4 is 43.6 Å². The number of rotatable bonds is 4. The molecule has 9 rings (SSSR count). The summed E-state index contributed by atoms with van der Waals surface area (Å²) in [6, 6.07) is 56.6. The Morgan fingerprint density at radius 2 is 0.750 bits per heavy atom. The molecule has 0 aliphatic heterocycles. The fraction of sp³-hybridized carbons (Fsp3) is 0.